The maximum atomic E-state index is 14.3. The van der Waals surface area contributed by atoms with Gasteiger partial charge in [-0.15, -0.1) is 0 Å². The van der Waals surface area contributed by atoms with Crippen LogP contribution in [0.4, 0.5) is 13.6 Å². The van der Waals surface area contributed by atoms with E-state index in [4.69, 9.17) is 28.8 Å². The highest BCUT2D eigenvalue weighted by molar-refractivity contribution is 7.46. The highest BCUT2D eigenvalue weighted by Gasteiger charge is 2.54. The molecule has 0 unspecified atom stereocenters. The molecule has 266 valence electrons. The molecule has 19 heteroatoms. The molecule has 0 radical (unpaired) electrons. The minimum Gasteiger partial charge on any atom is -0.451 e. The van der Waals surface area contributed by atoms with Gasteiger partial charge in [0.15, 0.2) is 11.3 Å². The summed E-state index contributed by atoms with van der Waals surface area (Å²) in [5, 5.41) is 6.60. The first-order valence-electron chi connectivity index (χ1n) is 15.2. The van der Waals surface area contributed by atoms with Crippen molar-refractivity contribution in [3.8, 4) is 5.75 Å². The third-order valence-corrected chi connectivity index (χ3v) is 9.36. The summed E-state index contributed by atoms with van der Waals surface area (Å²) in [6.45, 7) is 4.93. The first-order chi connectivity index (χ1) is 23.0. The Hall–Kier alpha value is -4.38. The summed E-state index contributed by atoms with van der Waals surface area (Å²) in [6, 6.07) is 1.86. The minimum absolute atomic E-state index is 0.0551. The number of aromatic nitrogens is 1. The monoisotopic (exact) mass is 712 g/mol. The summed E-state index contributed by atoms with van der Waals surface area (Å²) < 4.78 is 60.2. The number of ether oxygens (including phenoxy) is 3. The number of pyridine rings is 1. The Morgan fingerprint density at radius 1 is 1.22 bits per heavy atom. The van der Waals surface area contributed by atoms with E-state index in [0.29, 0.717) is 31.0 Å². The highest BCUT2D eigenvalue weighted by Crippen LogP contribution is 2.46. The Labute approximate surface area is 278 Å². The van der Waals surface area contributed by atoms with Crippen molar-refractivity contribution in [1.29, 1.82) is 0 Å². The van der Waals surface area contributed by atoms with E-state index in [2.05, 4.69) is 15.0 Å². The summed E-state index contributed by atoms with van der Waals surface area (Å²) in [5.41, 5.74) is -2.07. The number of benzene rings is 1. The highest BCUT2D eigenvalue weighted by atomic mass is 31.2. The number of fused-ring (bicyclic) bond motifs is 5. The molecule has 2 aromatic rings. The van der Waals surface area contributed by atoms with E-state index in [1.807, 2.05) is 6.92 Å². The van der Waals surface area contributed by atoms with Gasteiger partial charge in [0.1, 0.15) is 29.4 Å². The van der Waals surface area contributed by atoms with Crippen molar-refractivity contribution in [1.82, 2.24) is 14.8 Å². The van der Waals surface area contributed by atoms with E-state index in [0.717, 1.165) is 12.1 Å². The van der Waals surface area contributed by atoms with E-state index in [-0.39, 0.29) is 23.8 Å². The summed E-state index contributed by atoms with van der Waals surface area (Å²) >= 11 is 0. The fraction of sp³-hybridized carbons (Fsp3) is 0.500. The van der Waals surface area contributed by atoms with Crippen LogP contribution < -0.4 is 15.5 Å². The summed E-state index contributed by atoms with van der Waals surface area (Å²) in [5.74, 6) is -3.91. The molecule has 0 saturated carbocycles. The molecule has 1 aromatic carbocycles. The third kappa shape index (κ3) is 7.61. The van der Waals surface area contributed by atoms with Gasteiger partial charge in [0, 0.05) is 43.4 Å². The second-order valence-corrected chi connectivity index (χ2v) is 13.4. The van der Waals surface area contributed by atoms with Crippen molar-refractivity contribution in [2.75, 3.05) is 13.3 Å². The maximum absolute atomic E-state index is 14.3. The lowest BCUT2D eigenvalue weighted by Crippen LogP contribution is -2.52. The Kier molecular flexibility index (Phi) is 10.2. The molecule has 5 rings (SSSR count). The first-order valence-corrected chi connectivity index (χ1v) is 16.8. The van der Waals surface area contributed by atoms with Crippen molar-refractivity contribution in [2.45, 2.75) is 83.4 Å². The average molecular weight is 713 g/mol. The normalized spacial score (nSPS) is 22.7. The van der Waals surface area contributed by atoms with Crippen LogP contribution in [0.5, 0.6) is 5.75 Å². The van der Waals surface area contributed by atoms with Crippen molar-refractivity contribution in [2.24, 2.45) is 5.16 Å². The van der Waals surface area contributed by atoms with Crippen LogP contribution in [0.2, 0.25) is 0 Å². The van der Waals surface area contributed by atoms with Crippen molar-refractivity contribution in [3.63, 3.8) is 0 Å². The number of halogens is 2. The zero-order valence-electron chi connectivity index (χ0n) is 26.9. The van der Waals surface area contributed by atoms with Crippen molar-refractivity contribution < 1.29 is 61.1 Å². The fourth-order valence-corrected chi connectivity index (χ4v) is 6.67. The molecule has 5 atom stereocenters. The second kappa shape index (κ2) is 13.9. The molecule has 3 aliphatic rings. The number of oxime groups is 1. The lowest BCUT2D eigenvalue weighted by atomic mass is 9.84. The lowest BCUT2D eigenvalue weighted by Gasteiger charge is -2.42. The molecular weight excluding hydrogens is 677 g/mol. The van der Waals surface area contributed by atoms with E-state index >= 15 is 0 Å². The van der Waals surface area contributed by atoms with E-state index in [1.54, 1.807) is 11.8 Å². The molecular formula is C30H35F2N4O12P. The zero-order valence-corrected chi connectivity index (χ0v) is 27.8. The number of rotatable bonds is 10. The zero-order chi connectivity index (χ0) is 35.8. The summed E-state index contributed by atoms with van der Waals surface area (Å²) in [6.07, 6.45) is -1.17. The fourth-order valence-electron chi connectivity index (χ4n) is 6.06. The molecule has 49 heavy (non-hydrogen) atoms. The largest absolute Gasteiger partial charge is 0.511 e. The van der Waals surface area contributed by atoms with Crippen LogP contribution in [0.15, 0.2) is 34.3 Å². The molecule has 1 aromatic heterocycles. The van der Waals surface area contributed by atoms with Crippen LogP contribution in [-0.2, 0) is 29.9 Å². The summed E-state index contributed by atoms with van der Waals surface area (Å²) in [7, 11) is -4.89. The predicted molar refractivity (Wildman–Crippen MR) is 164 cm³/mol. The van der Waals surface area contributed by atoms with Crippen LogP contribution in [0.3, 0.4) is 0 Å². The minimum atomic E-state index is -4.89. The number of carbonyl (C=O) groups is 3. The molecule has 4 heterocycles. The van der Waals surface area contributed by atoms with Crippen molar-refractivity contribution in [3.05, 3.63) is 63.1 Å². The van der Waals surface area contributed by atoms with Gasteiger partial charge >= 0.3 is 14.0 Å². The maximum Gasteiger partial charge on any atom is 0.511 e. The molecule has 2 amide bonds. The number of nitrogens with one attached hydrogen (secondary N) is 1. The van der Waals surface area contributed by atoms with Crippen LogP contribution in [0, 0.1) is 11.6 Å². The first kappa shape index (κ1) is 35.9. The third-order valence-electron chi connectivity index (χ3n) is 8.75. The van der Waals surface area contributed by atoms with Crippen LogP contribution in [-0.4, -0.2) is 80.1 Å². The van der Waals surface area contributed by atoms with Gasteiger partial charge in [-0.25, -0.2) is 18.1 Å². The number of phosphoric ester groups is 1. The van der Waals surface area contributed by atoms with Crippen molar-refractivity contribution >= 4 is 31.5 Å². The SMILES string of the molecule is CC1=NO[C@@]2(CC[C@H](C)N3C[C@H]2n2cc(C(=O)NCc4ccc(F)cc4F)c(=O)c(OCOC(=O)O[C@H](C)[C@H](C)OP(=O)(O)O)c2C3=O)C1. The van der Waals surface area contributed by atoms with Gasteiger partial charge in [0.2, 0.25) is 18.0 Å². The molecule has 2 bridgehead atoms. The average Bonchev–Trinajstić information content (AvgIpc) is 3.34. The van der Waals surface area contributed by atoms with Gasteiger partial charge in [-0.05, 0) is 46.6 Å². The smallest absolute Gasteiger partial charge is 0.451 e. The molecule has 3 N–H and O–H groups in total. The Morgan fingerprint density at radius 3 is 2.61 bits per heavy atom. The molecule has 1 fully saturated rings. The van der Waals surface area contributed by atoms with E-state index < -0.39 is 91.4 Å². The molecule has 1 spiro atoms. The van der Waals surface area contributed by atoms with Crippen LogP contribution in [0.25, 0.3) is 0 Å². The topological polar surface area (TPSA) is 205 Å². The van der Waals surface area contributed by atoms with Gasteiger partial charge < -0.3 is 43.6 Å². The Bertz CT molecular complexity index is 1800. The molecule has 1 saturated heterocycles. The predicted octanol–water partition coefficient (Wildman–Crippen LogP) is 3.15. The number of hydrogen-bond acceptors (Lipinski definition) is 11. The second-order valence-electron chi connectivity index (χ2n) is 12.2. The lowest BCUT2D eigenvalue weighted by molar-refractivity contribution is -0.0659. The standard InChI is InChI=1S/C30H35F2N4O12P/c1-15-10-30(48-34-15)8-7-16(2)35-13-23(30)36-12-21(27(38)33-11-19-5-6-20(31)9-22(19)32)25(37)26(24(36)28(35)39)44-14-45-29(40)46-17(3)18(4)47-49(41,42)43/h5-6,9,12,16-18,23H,7-8,10-11,13-14H2,1-4H3,(H,33,38)(H2,41,42,43)/t16-,17+,18-,23+,30-/m0/s1. The van der Waals surface area contributed by atoms with E-state index in [1.165, 1.54) is 24.6 Å². The van der Waals surface area contributed by atoms with Gasteiger partial charge in [0.05, 0.1) is 11.8 Å². The van der Waals surface area contributed by atoms with Gasteiger partial charge in [0.25, 0.3) is 11.8 Å². The van der Waals surface area contributed by atoms with Crippen LogP contribution >= 0.6 is 7.82 Å². The summed E-state index contributed by atoms with van der Waals surface area (Å²) in [4.78, 5) is 79.2. The van der Waals surface area contributed by atoms with Crippen LogP contribution in [0.1, 0.15) is 79.4 Å². The Balaban J connectivity index is 1.48. The van der Waals surface area contributed by atoms with Gasteiger partial charge in [-0.2, -0.15) is 0 Å². The molecule has 3 aliphatic heterocycles. The van der Waals surface area contributed by atoms with Gasteiger partial charge in [-0.3, -0.25) is 18.9 Å². The quantitative estimate of drug-likeness (QED) is 0.185. The Morgan fingerprint density at radius 2 is 1.96 bits per heavy atom. The number of hydrogen-bond donors (Lipinski definition) is 3. The number of nitrogens with zero attached hydrogens (tertiary/aromatic N) is 3. The molecule has 16 nitrogen and oxygen atoms in total. The van der Waals surface area contributed by atoms with E-state index in [9.17, 15) is 32.5 Å². The number of carbonyl (C=O) groups excluding carboxylic acids is 3. The number of amides is 2. The molecule has 0 aliphatic carbocycles. The number of phosphoric acid groups is 1. The van der Waals surface area contributed by atoms with Gasteiger partial charge in [-0.1, -0.05) is 11.2 Å².